The Labute approximate surface area is 338 Å². The minimum atomic E-state index is -0.0408. The molecule has 0 saturated heterocycles. The number of nitrogens with zero attached hydrogens (tertiary/aromatic N) is 1. The van der Waals surface area contributed by atoms with E-state index < -0.39 is 0 Å². The fraction of sp³-hybridized carbons (Fsp3) is 0.0909. The molecule has 0 saturated carbocycles. The average Bonchev–Trinajstić information content (AvgIpc) is 3.76. The second kappa shape index (κ2) is 13.3. The molecule has 0 atom stereocenters. The van der Waals surface area contributed by atoms with E-state index in [2.05, 4.69) is 207 Å². The van der Waals surface area contributed by atoms with Crippen LogP contribution >= 0.6 is 11.3 Å². The predicted molar refractivity (Wildman–Crippen MR) is 245 cm³/mol. The summed E-state index contributed by atoms with van der Waals surface area (Å²) in [5.74, 6) is 0. The maximum absolute atomic E-state index is 2.51. The minimum Gasteiger partial charge on any atom is -0.309 e. The van der Waals surface area contributed by atoms with Crippen LogP contribution < -0.4 is 4.90 Å². The van der Waals surface area contributed by atoms with Crippen LogP contribution in [0.15, 0.2) is 182 Å². The molecule has 1 aromatic heterocycles. The highest BCUT2D eigenvalue weighted by atomic mass is 32.1. The standard InChI is InChI=1S/C55H41NS/c1-55(2)48-23-8-5-20-45(48)46-33-30-38(35-49(46)55)36-28-31-41(32-29-36)56(51-25-13-27-53-54(51)47-21-7-10-26-52(47)57-53)50-24-9-6-19-44(50)40-17-11-16-39(34-40)43-22-12-15-37-14-3-4-18-42(37)43/h3-6,8-20,22-35H,7,21H2,1-2H3. The number of hydrogen-bond donors (Lipinski definition) is 0. The summed E-state index contributed by atoms with van der Waals surface area (Å²) in [6, 6.07) is 65.4. The predicted octanol–water partition coefficient (Wildman–Crippen LogP) is 15.8. The molecule has 2 aliphatic rings. The summed E-state index contributed by atoms with van der Waals surface area (Å²) >= 11 is 1.91. The second-order valence-corrected chi connectivity index (χ2v) is 17.1. The summed E-state index contributed by atoms with van der Waals surface area (Å²) in [7, 11) is 0. The van der Waals surface area contributed by atoms with E-state index in [0.717, 1.165) is 24.2 Å². The molecule has 0 bridgehead atoms. The van der Waals surface area contributed by atoms with Gasteiger partial charge in [0.2, 0.25) is 0 Å². The topological polar surface area (TPSA) is 3.24 Å². The number of rotatable bonds is 6. The van der Waals surface area contributed by atoms with Crippen molar-refractivity contribution in [3.05, 3.63) is 204 Å². The highest BCUT2D eigenvalue weighted by molar-refractivity contribution is 7.20. The third-order valence-electron chi connectivity index (χ3n) is 12.4. The molecule has 8 aromatic carbocycles. The first-order valence-corrected chi connectivity index (χ1v) is 20.9. The van der Waals surface area contributed by atoms with Crippen molar-refractivity contribution in [2.24, 2.45) is 0 Å². The van der Waals surface area contributed by atoms with E-state index in [-0.39, 0.29) is 5.41 Å². The van der Waals surface area contributed by atoms with Gasteiger partial charge in [-0.3, -0.25) is 0 Å². The molecule has 0 N–H and O–H groups in total. The molecule has 1 heterocycles. The van der Waals surface area contributed by atoms with E-state index in [1.807, 2.05) is 11.3 Å². The number of allylic oxidation sites excluding steroid dienone is 1. The Kier molecular flexibility index (Phi) is 7.91. The van der Waals surface area contributed by atoms with Crippen LogP contribution in [0.3, 0.4) is 0 Å². The zero-order valence-electron chi connectivity index (χ0n) is 32.2. The van der Waals surface area contributed by atoms with E-state index in [1.165, 1.54) is 92.6 Å². The van der Waals surface area contributed by atoms with E-state index in [0.29, 0.717) is 0 Å². The summed E-state index contributed by atoms with van der Waals surface area (Å²) in [4.78, 5) is 3.90. The SMILES string of the molecule is CC1(C)c2ccccc2-c2ccc(-c3ccc(N(c4ccccc4-c4cccc(-c5cccc6ccccc56)c4)c4cccc5sc6c(c45)CCC=C6)cc3)cc21. The van der Waals surface area contributed by atoms with Gasteiger partial charge in [-0.15, -0.1) is 11.3 Å². The molecule has 0 fully saturated rings. The Morgan fingerprint density at radius 1 is 0.509 bits per heavy atom. The highest BCUT2D eigenvalue weighted by Gasteiger charge is 2.35. The van der Waals surface area contributed by atoms with Crippen molar-refractivity contribution in [1.82, 2.24) is 0 Å². The number of aryl methyl sites for hydroxylation is 1. The van der Waals surface area contributed by atoms with Gasteiger partial charge in [0.15, 0.2) is 0 Å². The summed E-state index contributed by atoms with van der Waals surface area (Å²) in [6.45, 7) is 4.72. The van der Waals surface area contributed by atoms with Crippen LogP contribution in [0.4, 0.5) is 17.1 Å². The molecule has 1 nitrogen and oxygen atoms in total. The zero-order chi connectivity index (χ0) is 38.1. The highest BCUT2D eigenvalue weighted by Crippen LogP contribution is 2.51. The van der Waals surface area contributed by atoms with Crippen LogP contribution in [0, 0.1) is 0 Å². The molecule has 9 aromatic rings. The van der Waals surface area contributed by atoms with Gasteiger partial charge < -0.3 is 4.90 Å². The molecule has 0 radical (unpaired) electrons. The largest absolute Gasteiger partial charge is 0.309 e. The van der Waals surface area contributed by atoms with Crippen molar-refractivity contribution in [2.45, 2.75) is 32.1 Å². The van der Waals surface area contributed by atoms with Gasteiger partial charge in [0.25, 0.3) is 0 Å². The van der Waals surface area contributed by atoms with Gasteiger partial charge in [0.05, 0.1) is 11.4 Å². The van der Waals surface area contributed by atoms with Crippen LogP contribution in [0.1, 0.15) is 41.8 Å². The minimum absolute atomic E-state index is 0.0408. The summed E-state index contributed by atoms with van der Waals surface area (Å²) < 4.78 is 1.34. The first kappa shape index (κ1) is 33.8. The van der Waals surface area contributed by atoms with E-state index in [4.69, 9.17) is 0 Å². The lowest BCUT2D eigenvalue weighted by Gasteiger charge is -2.29. The summed E-state index contributed by atoms with van der Waals surface area (Å²) in [6.07, 6.45) is 6.78. The lowest BCUT2D eigenvalue weighted by atomic mass is 9.81. The second-order valence-electron chi connectivity index (χ2n) is 16.0. The molecule has 0 amide bonds. The van der Waals surface area contributed by atoms with Crippen LogP contribution in [0.5, 0.6) is 0 Å². The lowest BCUT2D eigenvalue weighted by molar-refractivity contribution is 0.660. The fourth-order valence-corrected chi connectivity index (χ4v) is 10.7. The first-order valence-electron chi connectivity index (χ1n) is 20.1. The van der Waals surface area contributed by atoms with Gasteiger partial charge in [0, 0.05) is 31.6 Å². The molecule has 2 aliphatic carbocycles. The molecule has 0 spiro atoms. The molecular formula is C55H41NS. The Bertz CT molecular complexity index is 3040. The summed E-state index contributed by atoms with van der Waals surface area (Å²) in [5.41, 5.74) is 17.8. The molecule has 0 unspecified atom stereocenters. The molecule has 57 heavy (non-hydrogen) atoms. The van der Waals surface area contributed by atoms with Crippen molar-refractivity contribution in [2.75, 3.05) is 4.90 Å². The Balaban J connectivity index is 1.06. The zero-order valence-corrected chi connectivity index (χ0v) is 33.0. The van der Waals surface area contributed by atoms with Gasteiger partial charge in [0.1, 0.15) is 0 Å². The Morgan fingerprint density at radius 2 is 1.18 bits per heavy atom. The third-order valence-corrected chi connectivity index (χ3v) is 13.5. The Hall–Kier alpha value is -6.48. The van der Waals surface area contributed by atoms with Gasteiger partial charge in [-0.1, -0.05) is 153 Å². The maximum atomic E-state index is 2.51. The molecule has 2 heteroatoms. The fourth-order valence-electron chi connectivity index (χ4n) is 9.54. The lowest BCUT2D eigenvalue weighted by Crippen LogP contribution is -2.14. The van der Waals surface area contributed by atoms with Crippen molar-refractivity contribution in [3.8, 4) is 44.5 Å². The average molecular weight is 748 g/mol. The van der Waals surface area contributed by atoms with Crippen LogP contribution in [-0.4, -0.2) is 0 Å². The maximum Gasteiger partial charge on any atom is 0.0551 e. The number of hydrogen-bond acceptors (Lipinski definition) is 2. The van der Waals surface area contributed by atoms with E-state index in [1.54, 1.807) is 0 Å². The van der Waals surface area contributed by atoms with Crippen molar-refractivity contribution >= 4 is 55.3 Å². The van der Waals surface area contributed by atoms with Crippen molar-refractivity contribution < 1.29 is 0 Å². The number of fused-ring (bicyclic) bond motifs is 7. The van der Waals surface area contributed by atoms with Crippen LogP contribution in [-0.2, 0) is 11.8 Å². The van der Waals surface area contributed by atoms with Crippen molar-refractivity contribution in [3.63, 3.8) is 0 Å². The van der Waals surface area contributed by atoms with Crippen LogP contribution in [0.2, 0.25) is 0 Å². The van der Waals surface area contributed by atoms with Gasteiger partial charge in [-0.2, -0.15) is 0 Å². The van der Waals surface area contributed by atoms with Gasteiger partial charge in [-0.25, -0.2) is 0 Å². The number of para-hydroxylation sites is 1. The van der Waals surface area contributed by atoms with E-state index in [9.17, 15) is 0 Å². The molecule has 0 aliphatic heterocycles. The summed E-state index contributed by atoms with van der Waals surface area (Å²) in [5, 5.41) is 3.89. The van der Waals surface area contributed by atoms with Crippen LogP contribution in [0.25, 0.3) is 71.4 Å². The quantitative estimate of drug-likeness (QED) is 0.164. The molecule has 11 rings (SSSR count). The monoisotopic (exact) mass is 747 g/mol. The molecular weight excluding hydrogens is 707 g/mol. The number of thiophene rings is 1. The number of anilines is 3. The smallest absolute Gasteiger partial charge is 0.0551 e. The number of benzene rings is 8. The van der Waals surface area contributed by atoms with E-state index >= 15 is 0 Å². The van der Waals surface area contributed by atoms with Gasteiger partial charge >= 0.3 is 0 Å². The third kappa shape index (κ3) is 5.51. The first-order chi connectivity index (χ1) is 28.0. The van der Waals surface area contributed by atoms with Gasteiger partial charge in [-0.05, 0) is 128 Å². The normalized spacial score (nSPS) is 13.7. The Morgan fingerprint density at radius 3 is 2.07 bits per heavy atom. The molecule has 272 valence electrons. The van der Waals surface area contributed by atoms with Crippen molar-refractivity contribution in [1.29, 1.82) is 0 Å².